The van der Waals surface area contributed by atoms with E-state index in [0.29, 0.717) is 6.42 Å². The third-order valence-electron chi connectivity index (χ3n) is 3.44. The molecule has 3 unspecified atom stereocenters. The van der Waals surface area contributed by atoms with Crippen LogP contribution in [0.1, 0.15) is 27.2 Å². The topological polar surface area (TPSA) is 88.1 Å². The van der Waals surface area contributed by atoms with E-state index in [4.69, 9.17) is 14.2 Å². The maximum atomic E-state index is 11.8. The van der Waals surface area contributed by atoms with Crippen LogP contribution in [0.15, 0.2) is 0 Å². The molecule has 2 aliphatic heterocycles. The molecule has 106 valence electrons. The van der Waals surface area contributed by atoms with Crippen molar-refractivity contribution in [3.8, 4) is 0 Å². The highest BCUT2D eigenvalue weighted by Crippen LogP contribution is 2.29. The smallest absolute Gasteiger partial charge is 0.461 e. The van der Waals surface area contributed by atoms with Gasteiger partial charge in [-0.05, 0) is 20.3 Å². The van der Waals surface area contributed by atoms with Gasteiger partial charge in [0.1, 0.15) is 6.61 Å². The molecule has 7 heteroatoms. The first kappa shape index (κ1) is 13.6. The quantitative estimate of drug-likeness (QED) is 0.552. The Bertz CT molecular complexity index is 414. The van der Waals surface area contributed by atoms with Crippen LogP contribution in [-0.4, -0.2) is 43.0 Å². The van der Waals surface area contributed by atoms with Crippen molar-refractivity contribution >= 4 is 18.1 Å². The molecule has 2 fully saturated rings. The fourth-order valence-corrected chi connectivity index (χ4v) is 1.73. The maximum absolute atomic E-state index is 11.8. The monoisotopic (exact) mass is 272 g/mol. The molecule has 0 amide bonds. The fraction of sp³-hybridized carbons (Fsp3) is 0.750. The molecule has 0 bridgehead atoms. The van der Waals surface area contributed by atoms with Gasteiger partial charge in [-0.1, -0.05) is 6.92 Å². The van der Waals surface area contributed by atoms with Crippen LogP contribution in [0.5, 0.6) is 0 Å². The highest BCUT2D eigenvalue weighted by Gasteiger charge is 2.55. The van der Waals surface area contributed by atoms with Gasteiger partial charge in [-0.25, -0.2) is 9.59 Å². The normalized spacial score (nSPS) is 29.3. The molecule has 2 aliphatic rings. The maximum Gasteiger partial charge on any atom is 0.509 e. The van der Waals surface area contributed by atoms with Gasteiger partial charge in [-0.2, -0.15) is 0 Å². The predicted octanol–water partition coefficient (Wildman–Crippen LogP) is 0.795. The molecule has 0 aromatic carbocycles. The SMILES string of the molecule is CCC(C)(C)C(=O)OCC1OC(=O)C2OC(=O)OC12. The van der Waals surface area contributed by atoms with Crippen LogP contribution in [0.4, 0.5) is 4.79 Å². The van der Waals surface area contributed by atoms with Crippen LogP contribution in [0.3, 0.4) is 0 Å². The molecule has 0 aliphatic carbocycles. The average Bonchev–Trinajstić information content (AvgIpc) is 2.86. The Kier molecular flexibility index (Phi) is 3.38. The Morgan fingerprint density at radius 3 is 2.58 bits per heavy atom. The summed E-state index contributed by atoms with van der Waals surface area (Å²) in [5.41, 5.74) is -0.606. The Morgan fingerprint density at radius 1 is 1.26 bits per heavy atom. The molecule has 2 heterocycles. The van der Waals surface area contributed by atoms with Gasteiger partial charge >= 0.3 is 18.1 Å². The van der Waals surface area contributed by atoms with Gasteiger partial charge < -0.3 is 18.9 Å². The number of fused-ring (bicyclic) bond motifs is 1. The first-order chi connectivity index (χ1) is 8.85. The van der Waals surface area contributed by atoms with E-state index >= 15 is 0 Å². The summed E-state index contributed by atoms with van der Waals surface area (Å²) in [4.78, 5) is 34.1. The second-order valence-corrected chi connectivity index (χ2v) is 5.18. The Labute approximate surface area is 110 Å². The predicted molar refractivity (Wildman–Crippen MR) is 60.1 cm³/mol. The van der Waals surface area contributed by atoms with Crippen molar-refractivity contribution in [1.82, 2.24) is 0 Å². The van der Waals surface area contributed by atoms with Crippen molar-refractivity contribution in [2.45, 2.75) is 45.5 Å². The van der Waals surface area contributed by atoms with Crippen LogP contribution in [-0.2, 0) is 28.5 Å². The van der Waals surface area contributed by atoms with E-state index < -0.39 is 35.9 Å². The molecule has 0 radical (unpaired) electrons. The van der Waals surface area contributed by atoms with E-state index in [1.54, 1.807) is 13.8 Å². The lowest BCUT2D eigenvalue weighted by molar-refractivity contribution is -0.163. The molecule has 0 saturated carbocycles. The second-order valence-electron chi connectivity index (χ2n) is 5.18. The molecule has 0 spiro atoms. The average molecular weight is 272 g/mol. The summed E-state index contributed by atoms with van der Waals surface area (Å²) in [5.74, 6) is -1.06. The van der Waals surface area contributed by atoms with Crippen molar-refractivity contribution in [2.24, 2.45) is 5.41 Å². The minimum atomic E-state index is -1.05. The molecule has 3 atom stereocenters. The summed E-state index contributed by atoms with van der Waals surface area (Å²) in [7, 11) is 0. The number of esters is 2. The lowest BCUT2D eigenvalue weighted by Gasteiger charge is -2.22. The summed E-state index contributed by atoms with van der Waals surface area (Å²) in [5, 5.41) is 0. The molecule has 0 N–H and O–H groups in total. The number of hydrogen-bond acceptors (Lipinski definition) is 7. The number of carbonyl (C=O) groups excluding carboxylic acids is 3. The van der Waals surface area contributed by atoms with Gasteiger partial charge in [0.05, 0.1) is 5.41 Å². The molecule has 2 rings (SSSR count). The van der Waals surface area contributed by atoms with Gasteiger partial charge in [0.2, 0.25) is 6.10 Å². The minimum absolute atomic E-state index is 0.147. The van der Waals surface area contributed by atoms with Crippen molar-refractivity contribution < 1.29 is 33.3 Å². The molecular formula is C12H16O7. The van der Waals surface area contributed by atoms with Crippen molar-refractivity contribution in [3.05, 3.63) is 0 Å². The Morgan fingerprint density at radius 2 is 1.95 bits per heavy atom. The van der Waals surface area contributed by atoms with E-state index in [-0.39, 0.29) is 12.6 Å². The van der Waals surface area contributed by atoms with E-state index in [9.17, 15) is 14.4 Å². The summed E-state index contributed by atoms with van der Waals surface area (Å²) in [6.07, 6.45) is -2.97. The van der Waals surface area contributed by atoms with E-state index in [1.807, 2.05) is 6.92 Å². The summed E-state index contributed by atoms with van der Waals surface area (Å²) >= 11 is 0. The fourth-order valence-electron chi connectivity index (χ4n) is 1.73. The highest BCUT2D eigenvalue weighted by molar-refractivity contribution is 5.83. The van der Waals surface area contributed by atoms with Crippen LogP contribution in [0.2, 0.25) is 0 Å². The van der Waals surface area contributed by atoms with Gasteiger partial charge in [0.15, 0.2) is 12.2 Å². The van der Waals surface area contributed by atoms with E-state index in [0.717, 1.165) is 0 Å². The zero-order valence-electron chi connectivity index (χ0n) is 11.0. The van der Waals surface area contributed by atoms with Gasteiger partial charge in [0, 0.05) is 0 Å². The molecule has 19 heavy (non-hydrogen) atoms. The Hall–Kier alpha value is -1.79. The van der Waals surface area contributed by atoms with Gasteiger partial charge in [0.25, 0.3) is 0 Å². The van der Waals surface area contributed by atoms with Crippen LogP contribution < -0.4 is 0 Å². The molecular weight excluding hydrogens is 256 g/mol. The number of cyclic esters (lactones) is 1. The van der Waals surface area contributed by atoms with Crippen molar-refractivity contribution in [3.63, 3.8) is 0 Å². The van der Waals surface area contributed by atoms with Crippen LogP contribution in [0, 0.1) is 5.41 Å². The van der Waals surface area contributed by atoms with Crippen molar-refractivity contribution in [2.75, 3.05) is 6.61 Å². The lowest BCUT2D eigenvalue weighted by Crippen LogP contribution is -2.35. The second kappa shape index (κ2) is 4.71. The highest BCUT2D eigenvalue weighted by atomic mass is 16.8. The third kappa shape index (κ3) is 2.50. The summed E-state index contributed by atoms with van der Waals surface area (Å²) in [6.45, 7) is 5.25. The Balaban J connectivity index is 1.92. The zero-order chi connectivity index (χ0) is 14.2. The zero-order valence-corrected chi connectivity index (χ0v) is 11.0. The number of carbonyl (C=O) groups is 3. The van der Waals surface area contributed by atoms with Crippen LogP contribution >= 0.6 is 0 Å². The molecule has 0 aromatic heterocycles. The van der Waals surface area contributed by atoms with Gasteiger partial charge in [-0.15, -0.1) is 0 Å². The first-order valence-corrected chi connectivity index (χ1v) is 6.10. The number of rotatable bonds is 4. The molecule has 7 nitrogen and oxygen atoms in total. The van der Waals surface area contributed by atoms with E-state index in [2.05, 4.69) is 4.74 Å². The molecule has 0 aromatic rings. The minimum Gasteiger partial charge on any atom is -0.461 e. The van der Waals surface area contributed by atoms with Gasteiger partial charge in [-0.3, -0.25) is 4.79 Å². The number of hydrogen-bond donors (Lipinski definition) is 0. The standard InChI is InChI=1S/C12H16O7/c1-4-12(2,3)10(14)16-5-6-7-8(9(13)17-6)19-11(15)18-7/h6-8H,4-5H2,1-3H3. The van der Waals surface area contributed by atoms with E-state index in [1.165, 1.54) is 0 Å². The first-order valence-electron chi connectivity index (χ1n) is 6.10. The van der Waals surface area contributed by atoms with Crippen LogP contribution in [0.25, 0.3) is 0 Å². The lowest BCUT2D eigenvalue weighted by atomic mass is 9.91. The molecule has 2 saturated heterocycles. The summed E-state index contributed by atoms with van der Waals surface area (Å²) in [6, 6.07) is 0. The number of ether oxygens (including phenoxy) is 4. The van der Waals surface area contributed by atoms with Crippen molar-refractivity contribution in [1.29, 1.82) is 0 Å². The summed E-state index contributed by atoms with van der Waals surface area (Å²) < 4.78 is 19.5. The third-order valence-corrected chi connectivity index (χ3v) is 3.44. The largest absolute Gasteiger partial charge is 0.509 e.